The number of hydrogen-bond donors (Lipinski definition) is 3. The molecule has 4 N–H and O–H groups in total. The second-order valence-electron chi connectivity index (χ2n) is 3.66. The zero-order valence-electron chi connectivity index (χ0n) is 9.65. The van der Waals surface area contributed by atoms with Crippen molar-refractivity contribution in [3.63, 3.8) is 0 Å². The van der Waals surface area contributed by atoms with Crippen molar-refractivity contribution in [3.05, 3.63) is 44.4 Å². The van der Waals surface area contributed by atoms with Crippen LogP contribution in [0.2, 0.25) is 10.0 Å². The molecule has 1 aromatic heterocycles. The maximum Gasteiger partial charge on any atom is 0.161 e. The van der Waals surface area contributed by atoms with Gasteiger partial charge in [0, 0.05) is 4.47 Å². The third-order valence-electron chi connectivity index (χ3n) is 2.32. The number of nitrogen functional groups attached to an aromatic ring is 1. The molecule has 20 heavy (non-hydrogen) atoms. The number of hydrazine groups is 1. The van der Waals surface area contributed by atoms with E-state index in [1.165, 1.54) is 6.07 Å². The van der Waals surface area contributed by atoms with E-state index in [2.05, 4.69) is 31.7 Å². The number of rotatable bonds is 3. The molecule has 9 heteroatoms. The van der Waals surface area contributed by atoms with Crippen LogP contribution in [0.1, 0.15) is 0 Å². The van der Waals surface area contributed by atoms with Crippen LogP contribution in [-0.4, -0.2) is 4.98 Å². The molecule has 1 aromatic carbocycles. The molecule has 0 fully saturated rings. The average Bonchev–Trinajstić information content (AvgIpc) is 2.35. The molecule has 0 radical (unpaired) electrons. The molecule has 0 aliphatic heterocycles. The Morgan fingerprint density at radius 2 is 1.60 bits per heavy atom. The van der Waals surface area contributed by atoms with Crippen LogP contribution in [0.15, 0.2) is 22.7 Å². The molecule has 1 heterocycles. The normalized spacial score (nSPS) is 10.5. The van der Waals surface area contributed by atoms with Gasteiger partial charge in [-0.05, 0) is 18.2 Å². The Morgan fingerprint density at radius 1 is 1.05 bits per heavy atom. The monoisotopic (exact) mass is 382 g/mol. The van der Waals surface area contributed by atoms with E-state index in [-0.39, 0.29) is 31.8 Å². The number of anilines is 3. The fourth-order valence-electron chi connectivity index (χ4n) is 1.44. The largest absolute Gasteiger partial charge is 0.334 e. The van der Waals surface area contributed by atoms with E-state index in [0.29, 0.717) is 0 Å². The van der Waals surface area contributed by atoms with Gasteiger partial charge >= 0.3 is 0 Å². The molecular formula is C11H7BrCl2F2N4. The van der Waals surface area contributed by atoms with Crippen molar-refractivity contribution in [1.29, 1.82) is 0 Å². The number of nitrogens with two attached hydrogens (primary N) is 1. The molecule has 0 atom stereocenters. The molecule has 0 saturated carbocycles. The van der Waals surface area contributed by atoms with Crippen molar-refractivity contribution in [2.24, 2.45) is 5.84 Å². The summed E-state index contributed by atoms with van der Waals surface area (Å²) in [5.41, 5.74) is 1.87. The number of aromatic nitrogens is 1. The number of nitrogens with one attached hydrogen (secondary N) is 2. The SMILES string of the molecule is NNc1nc(Nc2c(F)cc(Br)cc2F)c(Cl)cc1Cl. The maximum atomic E-state index is 13.7. The Hall–Kier alpha value is -1.15. The summed E-state index contributed by atoms with van der Waals surface area (Å²) in [6.07, 6.45) is 0. The molecule has 2 rings (SSSR count). The second kappa shape index (κ2) is 6.09. The lowest BCUT2D eigenvalue weighted by molar-refractivity contribution is 0.589. The summed E-state index contributed by atoms with van der Waals surface area (Å²) < 4.78 is 27.7. The summed E-state index contributed by atoms with van der Waals surface area (Å²) in [7, 11) is 0. The molecule has 0 bridgehead atoms. The first-order chi connectivity index (χ1) is 9.42. The molecule has 4 nitrogen and oxygen atoms in total. The van der Waals surface area contributed by atoms with Crippen LogP contribution in [0.25, 0.3) is 0 Å². The molecule has 0 saturated heterocycles. The predicted molar refractivity (Wildman–Crippen MR) is 79.4 cm³/mol. The average molecular weight is 384 g/mol. The van der Waals surface area contributed by atoms with E-state index < -0.39 is 11.6 Å². The van der Waals surface area contributed by atoms with Crippen LogP contribution in [0.4, 0.5) is 26.1 Å². The highest BCUT2D eigenvalue weighted by Gasteiger charge is 2.15. The molecule has 0 unspecified atom stereocenters. The molecule has 0 aliphatic carbocycles. The van der Waals surface area contributed by atoms with Crippen LogP contribution in [0, 0.1) is 11.6 Å². The van der Waals surface area contributed by atoms with E-state index in [1.54, 1.807) is 0 Å². The van der Waals surface area contributed by atoms with Crippen LogP contribution in [-0.2, 0) is 0 Å². The smallest absolute Gasteiger partial charge is 0.161 e. The van der Waals surface area contributed by atoms with Gasteiger partial charge in [0.2, 0.25) is 0 Å². The second-order valence-corrected chi connectivity index (χ2v) is 5.39. The molecular weight excluding hydrogens is 377 g/mol. The minimum absolute atomic E-state index is 0.0177. The molecule has 106 valence electrons. The van der Waals surface area contributed by atoms with Crippen LogP contribution in [0.5, 0.6) is 0 Å². The third-order valence-corrected chi connectivity index (χ3v) is 3.35. The predicted octanol–water partition coefficient (Wildman–Crippen LogP) is 4.46. The van der Waals surface area contributed by atoms with Gasteiger partial charge in [-0.1, -0.05) is 39.1 Å². The van der Waals surface area contributed by atoms with E-state index in [0.717, 1.165) is 12.1 Å². The summed E-state index contributed by atoms with van der Waals surface area (Å²) in [5, 5.41) is 2.74. The van der Waals surface area contributed by atoms with Gasteiger partial charge in [0.15, 0.2) is 23.3 Å². The van der Waals surface area contributed by atoms with Crippen LogP contribution >= 0.6 is 39.1 Å². The van der Waals surface area contributed by atoms with Gasteiger partial charge in [0.25, 0.3) is 0 Å². The van der Waals surface area contributed by atoms with Crippen molar-refractivity contribution < 1.29 is 8.78 Å². The molecule has 0 amide bonds. The van der Waals surface area contributed by atoms with Crippen molar-refractivity contribution in [2.45, 2.75) is 0 Å². The zero-order valence-corrected chi connectivity index (χ0v) is 12.7. The van der Waals surface area contributed by atoms with Gasteiger partial charge in [-0.2, -0.15) is 0 Å². The highest BCUT2D eigenvalue weighted by Crippen LogP contribution is 2.33. The first kappa shape index (κ1) is 15.2. The first-order valence-electron chi connectivity index (χ1n) is 5.16. The van der Waals surface area contributed by atoms with E-state index in [9.17, 15) is 8.78 Å². The van der Waals surface area contributed by atoms with Gasteiger partial charge in [-0.15, -0.1) is 0 Å². The Balaban J connectivity index is 2.45. The van der Waals surface area contributed by atoms with Crippen molar-refractivity contribution in [3.8, 4) is 0 Å². The van der Waals surface area contributed by atoms with Crippen LogP contribution < -0.4 is 16.6 Å². The Labute approximate surface area is 131 Å². The number of hydrogen-bond acceptors (Lipinski definition) is 4. The summed E-state index contributed by atoms with van der Waals surface area (Å²) in [5.74, 6) is 3.76. The first-order valence-corrected chi connectivity index (χ1v) is 6.71. The molecule has 2 aromatic rings. The molecule has 0 aliphatic rings. The standard InChI is InChI=1S/C11H7BrCl2F2N4/c12-4-1-7(15)9(8(16)2-4)18-10-5(13)3-6(14)11(19-10)20-17/h1-3H,17H2,(H2,18,19,20). The molecule has 0 spiro atoms. The highest BCUT2D eigenvalue weighted by atomic mass is 79.9. The number of benzene rings is 1. The lowest BCUT2D eigenvalue weighted by atomic mass is 10.3. The Kier molecular flexibility index (Phi) is 4.64. The summed E-state index contributed by atoms with van der Waals surface area (Å²) in [6.45, 7) is 0. The van der Waals surface area contributed by atoms with Gasteiger partial charge in [0.05, 0.1) is 10.0 Å². The van der Waals surface area contributed by atoms with E-state index >= 15 is 0 Å². The van der Waals surface area contributed by atoms with Gasteiger partial charge in [-0.3, -0.25) is 0 Å². The number of halogens is 5. The fourth-order valence-corrected chi connectivity index (χ4v) is 2.30. The lowest BCUT2D eigenvalue weighted by Crippen LogP contribution is -2.10. The summed E-state index contributed by atoms with van der Waals surface area (Å²) >= 11 is 14.7. The minimum atomic E-state index is -0.799. The number of nitrogens with zero attached hydrogens (tertiary/aromatic N) is 1. The number of pyridine rings is 1. The topological polar surface area (TPSA) is 63.0 Å². The van der Waals surface area contributed by atoms with Crippen molar-refractivity contribution in [2.75, 3.05) is 10.7 Å². The summed E-state index contributed by atoms with van der Waals surface area (Å²) in [6, 6.07) is 3.57. The minimum Gasteiger partial charge on any atom is -0.334 e. The highest BCUT2D eigenvalue weighted by molar-refractivity contribution is 9.10. The maximum absolute atomic E-state index is 13.7. The Morgan fingerprint density at radius 3 is 2.15 bits per heavy atom. The quantitative estimate of drug-likeness (QED) is 0.541. The van der Waals surface area contributed by atoms with Gasteiger partial charge in [-0.25, -0.2) is 19.6 Å². The fraction of sp³-hybridized carbons (Fsp3) is 0. The summed E-state index contributed by atoms with van der Waals surface area (Å²) in [4.78, 5) is 3.93. The van der Waals surface area contributed by atoms with Gasteiger partial charge in [0.1, 0.15) is 5.69 Å². The third kappa shape index (κ3) is 3.12. The Bertz CT molecular complexity index is 646. The zero-order chi connectivity index (χ0) is 14.9. The van der Waals surface area contributed by atoms with E-state index in [4.69, 9.17) is 29.0 Å². The van der Waals surface area contributed by atoms with E-state index in [1.807, 2.05) is 0 Å². The lowest BCUT2D eigenvalue weighted by Gasteiger charge is -2.12. The van der Waals surface area contributed by atoms with Crippen molar-refractivity contribution >= 4 is 56.5 Å². The van der Waals surface area contributed by atoms with Gasteiger partial charge < -0.3 is 10.7 Å². The van der Waals surface area contributed by atoms with Crippen molar-refractivity contribution in [1.82, 2.24) is 4.98 Å². The van der Waals surface area contributed by atoms with Crippen LogP contribution in [0.3, 0.4) is 0 Å².